The second kappa shape index (κ2) is 7.18. The van der Waals surface area contributed by atoms with Crippen LogP contribution in [0, 0.1) is 0 Å². The highest BCUT2D eigenvalue weighted by Gasteiger charge is 2.35. The average molecular weight is 389 g/mol. The van der Waals surface area contributed by atoms with E-state index < -0.39 is 11.7 Å². The molecule has 0 aliphatic carbocycles. The summed E-state index contributed by atoms with van der Waals surface area (Å²) in [6.45, 7) is 0.849. The van der Waals surface area contributed by atoms with Gasteiger partial charge in [0.05, 0.1) is 6.20 Å². The number of pyridine rings is 1. The molecule has 0 unspecified atom stereocenters. The van der Waals surface area contributed by atoms with Crippen molar-refractivity contribution in [3.8, 4) is 5.75 Å². The number of benzene rings is 1. The Kier molecular flexibility index (Phi) is 4.70. The second-order valence-corrected chi connectivity index (χ2v) is 6.76. The lowest BCUT2D eigenvalue weighted by molar-refractivity contribution is -0.139. The van der Waals surface area contributed by atoms with Gasteiger partial charge in [0.1, 0.15) is 17.4 Å². The molecule has 146 valence electrons. The zero-order chi connectivity index (χ0) is 19.7. The lowest BCUT2D eigenvalue weighted by Gasteiger charge is -2.32. The Bertz CT molecular complexity index is 992. The fourth-order valence-electron chi connectivity index (χ4n) is 3.43. The Labute approximate surface area is 159 Å². The average Bonchev–Trinajstić information content (AvgIpc) is 3.15. The number of fused-ring (bicyclic) bond motifs is 1. The number of hydrogen-bond acceptors (Lipinski definition) is 3. The number of likely N-dealkylation sites (tertiary alicyclic amines) is 1. The summed E-state index contributed by atoms with van der Waals surface area (Å²) in [5.41, 5.74) is 0.640. The van der Waals surface area contributed by atoms with Crippen molar-refractivity contribution >= 4 is 16.8 Å². The number of H-pyrrole nitrogens is 1. The highest BCUT2D eigenvalue weighted by atomic mass is 19.4. The van der Waals surface area contributed by atoms with Crippen LogP contribution in [0.5, 0.6) is 5.75 Å². The molecule has 1 aliphatic rings. The van der Waals surface area contributed by atoms with Crippen molar-refractivity contribution in [3.63, 3.8) is 0 Å². The molecule has 0 bridgehead atoms. The van der Waals surface area contributed by atoms with E-state index in [0.29, 0.717) is 31.5 Å². The van der Waals surface area contributed by atoms with Gasteiger partial charge in [-0.1, -0.05) is 6.07 Å². The van der Waals surface area contributed by atoms with Crippen molar-refractivity contribution in [2.75, 3.05) is 13.1 Å². The molecule has 1 N–H and O–H groups in total. The molecule has 3 heterocycles. The number of aromatic amines is 1. The molecule has 0 radical (unpaired) electrons. The van der Waals surface area contributed by atoms with Crippen molar-refractivity contribution in [2.45, 2.75) is 25.1 Å². The number of nitrogens with zero attached hydrogens (tertiary/aromatic N) is 2. The van der Waals surface area contributed by atoms with Gasteiger partial charge in [0, 0.05) is 49.4 Å². The summed E-state index contributed by atoms with van der Waals surface area (Å²) in [7, 11) is 0. The Hall–Kier alpha value is -3.03. The maximum atomic E-state index is 13.1. The van der Waals surface area contributed by atoms with Gasteiger partial charge in [-0.05, 0) is 29.7 Å². The summed E-state index contributed by atoms with van der Waals surface area (Å²) >= 11 is 0. The number of amides is 1. The van der Waals surface area contributed by atoms with E-state index in [4.69, 9.17) is 4.74 Å². The third kappa shape index (κ3) is 3.67. The van der Waals surface area contributed by atoms with E-state index in [9.17, 15) is 18.0 Å². The molecule has 0 atom stereocenters. The molecule has 5 nitrogen and oxygen atoms in total. The van der Waals surface area contributed by atoms with Crippen LogP contribution in [0.25, 0.3) is 10.9 Å². The van der Waals surface area contributed by atoms with Crippen molar-refractivity contribution in [2.24, 2.45) is 0 Å². The van der Waals surface area contributed by atoms with Gasteiger partial charge in [-0.25, -0.2) is 0 Å². The quantitative estimate of drug-likeness (QED) is 0.728. The summed E-state index contributed by atoms with van der Waals surface area (Å²) < 4.78 is 44.8. The Balaban J connectivity index is 1.40. The van der Waals surface area contributed by atoms with Crippen LogP contribution in [0.1, 0.15) is 28.8 Å². The third-order valence-electron chi connectivity index (χ3n) is 4.91. The number of rotatable bonds is 3. The van der Waals surface area contributed by atoms with Crippen molar-refractivity contribution in [1.82, 2.24) is 14.9 Å². The minimum absolute atomic E-state index is 0.0905. The molecule has 0 spiro atoms. The number of aromatic nitrogens is 2. The summed E-state index contributed by atoms with van der Waals surface area (Å²) in [4.78, 5) is 21.3. The highest BCUT2D eigenvalue weighted by Crippen LogP contribution is 2.36. The maximum Gasteiger partial charge on any atom is 0.420 e. The molecule has 1 fully saturated rings. The van der Waals surface area contributed by atoms with Gasteiger partial charge in [0.15, 0.2) is 0 Å². The minimum Gasteiger partial charge on any atom is -0.488 e. The monoisotopic (exact) mass is 389 g/mol. The van der Waals surface area contributed by atoms with Gasteiger partial charge < -0.3 is 14.6 Å². The summed E-state index contributed by atoms with van der Waals surface area (Å²) in [5.74, 6) is -0.357. The van der Waals surface area contributed by atoms with Crippen molar-refractivity contribution in [1.29, 1.82) is 0 Å². The smallest absolute Gasteiger partial charge is 0.420 e. The molecule has 4 rings (SSSR count). The lowest BCUT2D eigenvalue weighted by Crippen LogP contribution is -2.41. The first-order chi connectivity index (χ1) is 13.4. The minimum atomic E-state index is -4.49. The van der Waals surface area contributed by atoms with Crippen molar-refractivity contribution < 1.29 is 22.7 Å². The number of carbonyl (C=O) groups excluding carboxylic acids is 1. The Morgan fingerprint density at radius 3 is 2.71 bits per heavy atom. The van der Waals surface area contributed by atoms with E-state index in [-0.39, 0.29) is 17.8 Å². The number of ether oxygens (including phenoxy) is 1. The van der Waals surface area contributed by atoms with E-state index in [0.717, 1.165) is 29.4 Å². The normalized spacial score (nSPS) is 15.8. The predicted octanol–water partition coefficient (Wildman–Crippen LogP) is 4.27. The largest absolute Gasteiger partial charge is 0.488 e. The van der Waals surface area contributed by atoms with Crippen molar-refractivity contribution in [3.05, 3.63) is 60.0 Å². The van der Waals surface area contributed by atoms with E-state index in [1.807, 2.05) is 24.4 Å². The van der Waals surface area contributed by atoms with Crippen LogP contribution in [0.3, 0.4) is 0 Å². The maximum absolute atomic E-state index is 13.1. The number of alkyl halides is 3. The lowest BCUT2D eigenvalue weighted by atomic mass is 10.1. The van der Waals surface area contributed by atoms with Crippen LogP contribution in [0.4, 0.5) is 13.2 Å². The van der Waals surface area contributed by atoms with Gasteiger partial charge in [-0.2, -0.15) is 13.2 Å². The third-order valence-corrected chi connectivity index (χ3v) is 4.91. The summed E-state index contributed by atoms with van der Waals surface area (Å²) in [6.07, 6.45) is 0.0379. The zero-order valence-electron chi connectivity index (χ0n) is 14.9. The molecule has 3 aromatic rings. The van der Waals surface area contributed by atoms with Gasteiger partial charge in [-0.15, -0.1) is 0 Å². The number of hydrogen-bond donors (Lipinski definition) is 1. The predicted molar refractivity (Wildman–Crippen MR) is 97.1 cm³/mol. The van der Waals surface area contributed by atoms with E-state index in [1.165, 1.54) is 0 Å². The molecular formula is C20H18F3N3O2. The van der Waals surface area contributed by atoms with E-state index in [2.05, 4.69) is 9.97 Å². The van der Waals surface area contributed by atoms with E-state index in [1.54, 1.807) is 11.0 Å². The number of carbonyl (C=O) groups is 1. The summed E-state index contributed by atoms with van der Waals surface area (Å²) in [6, 6.07) is 8.32. The molecule has 1 aliphatic heterocycles. The topological polar surface area (TPSA) is 58.2 Å². The Morgan fingerprint density at radius 2 is 1.96 bits per heavy atom. The van der Waals surface area contributed by atoms with Crippen LogP contribution in [0.2, 0.25) is 0 Å². The van der Waals surface area contributed by atoms with Crippen LogP contribution in [-0.4, -0.2) is 40.0 Å². The second-order valence-electron chi connectivity index (χ2n) is 6.76. The van der Waals surface area contributed by atoms with Gasteiger partial charge in [0.25, 0.3) is 5.91 Å². The van der Waals surface area contributed by atoms with Gasteiger partial charge in [-0.3, -0.25) is 9.78 Å². The number of halogens is 3. The number of nitrogens with one attached hydrogen (secondary N) is 1. The molecule has 1 saturated heterocycles. The highest BCUT2D eigenvalue weighted by molar-refractivity contribution is 5.98. The van der Waals surface area contributed by atoms with Crippen LogP contribution in [0.15, 0.2) is 48.9 Å². The Morgan fingerprint density at radius 1 is 1.18 bits per heavy atom. The first-order valence-electron chi connectivity index (χ1n) is 8.96. The zero-order valence-corrected chi connectivity index (χ0v) is 14.9. The van der Waals surface area contributed by atoms with Gasteiger partial charge >= 0.3 is 6.18 Å². The van der Waals surface area contributed by atoms with Crippen LogP contribution >= 0.6 is 0 Å². The summed E-state index contributed by atoms with van der Waals surface area (Å²) in [5, 5.41) is 1.03. The first kappa shape index (κ1) is 18.3. The molecule has 28 heavy (non-hydrogen) atoms. The SMILES string of the molecule is O=C(c1ccc2cc[nH]c2c1)N1CCC(Oc2cnccc2C(F)(F)F)CC1. The molecule has 2 aromatic heterocycles. The fraction of sp³-hybridized carbons (Fsp3) is 0.300. The molecule has 1 amide bonds. The molecule has 0 saturated carbocycles. The number of piperidine rings is 1. The molecular weight excluding hydrogens is 371 g/mol. The van der Waals surface area contributed by atoms with Crippen LogP contribution < -0.4 is 4.74 Å². The molecule has 1 aromatic carbocycles. The van der Waals surface area contributed by atoms with E-state index >= 15 is 0 Å². The fourth-order valence-corrected chi connectivity index (χ4v) is 3.43. The van der Waals surface area contributed by atoms with Gasteiger partial charge in [0.2, 0.25) is 0 Å². The molecule has 8 heteroatoms. The first-order valence-corrected chi connectivity index (χ1v) is 8.96. The standard InChI is InChI=1S/C20H18F3N3O2/c21-20(22,23)16-4-7-24-12-18(16)28-15-5-9-26(10-6-15)19(27)14-2-1-13-3-8-25-17(13)11-14/h1-4,7-8,11-12,15,25H,5-6,9-10H2. The van der Waals surface area contributed by atoms with Crippen LogP contribution in [-0.2, 0) is 6.18 Å².